The monoisotopic (exact) mass is 283 g/mol. The molecule has 0 aliphatic heterocycles. The van der Waals surface area contributed by atoms with Crippen molar-refractivity contribution in [1.29, 1.82) is 0 Å². The number of nitrogens with one attached hydrogen (secondary N) is 1. The minimum absolute atomic E-state index is 0.0440. The lowest BCUT2D eigenvalue weighted by atomic mass is 10.1. The van der Waals surface area contributed by atoms with Crippen molar-refractivity contribution in [3.63, 3.8) is 0 Å². The molecule has 2 aromatic rings. The third-order valence-corrected chi connectivity index (χ3v) is 2.68. The summed E-state index contributed by atoms with van der Waals surface area (Å²) in [7, 11) is 0. The first-order chi connectivity index (χ1) is 8.69. The average molecular weight is 284 g/mol. The zero-order valence-corrected chi connectivity index (χ0v) is 10.9. The maximum atomic E-state index is 8.75. The molecule has 0 fully saturated rings. The fourth-order valence-electron chi connectivity index (χ4n) is 1.50. The molecule has 2 N–H and O–H groups in total. The largest absolute Gasteiger partial charge is 0.395 e. The fraction of sp³-hybridized carbons (Fsp3) is 0.167. The molecule has 0 saturated heterocycles. The summed E-state index contributed by atoms with van der Waals surface area (Å²) in [5, 5.41) is 12.8. The Labute approximate surface area is 115 Å². The van der Waals surface area contributed by atoms with Gasteiger partial charge in [0, 0.05) is 28.2 Å². The van der Waals surface area contributed by atoms with Crippen molar-refractivity contribution in [1.82, 2.24) is 9.97 Å². The fourth-order valence-corrected chi connectivity index (χ4v) is 2.02. The van der Waals surface area contributed by atoms with Crippen LogP contribution in [0.1, 0.15) is 0 Å². The van der Waals surface area contributed by atoms with E-state index in [9.17, 15) is 0 Å². The molecule has 4 nitrogen and oxygen atoms in total. The maximum Gasteiger partial charge on any atom is 0.130 e. The maximum absolute atomic E-state index is 8.75. The summed E-state index contributed by atoms with van der Waals surface area (Å²) >= 11 is 11.9. The molecule has 94 valence electrons. The summed E-state index contributed by atoms with van der Waals surface area (Å²) in [6.07, 6.45) is 1.45. The lowest BCUT2D eigenvalue weighted by Crippen LogP contribution is -2.07. The normalized spacial score (nSPS) is 10.4. The molecule has 0 saturated carbocycles. The summed E-state index contributed by atoms with van der Waals surface area (Å²) in [4.78, 5) is 8.22. The average Bonchev–Trinajstić information content (AvgIpc) is 2.35. The molecule has 0 radical (unpaired) electrons. The van der Waals surface area contributed by atoms with Crippen LogP contribution in [-0.4, -0.2) is 28.2 Å². The zero-order valence-electron chi connectivity index (χ0n) is 9.40. The summed E-state index contributed by atoms with van der Waals surface area (Å²) in [6, 6.07) is 7.01. The molecule has 0 amide bonds. The predicted molar refractivity (Wildman–Crippen MR) is 73.1 cm³/mol. The Hall–Kier alpha value is -1.36. The molecular weight excluding hydrogens is 273 g/mol. The van der Waals surface area contributed by atoms with Crippen molar-refractivity contribution in [2.75, 3.05) is 18.5 Å². The van der Waals surface area contributed by atoms with Crippen molar-refractivity contribution in [2.45, 2.75) is 0 Å². The number of hydrogen-bond donors (Lipinski definition) is 2. The summed E-state index contributed by atoms with van der Waals surface area (Å²) < 4.78 is 0. The van der Waals surface area contributed by atoms with Crippen LogP contribution in [0.15, 0.2) is 30.6 Å². The molecule has 0 bridgehead atoms. The quantitative estimate of drug-likeness (QED) is 0.906. The van der Waals surface area contributed by atoms with Gasteiger partial charge in [-0.1, -0.05) is 23.2 Å². The van der Waals surface area contributed by atoms with Gasteiger partial charge in [0.05, 0.1) is 12.3 Å². The van der Waals surface area contributed by atoms with Gasteiger partial charge in [-0.15, -0.1) is 0 Å². The third-order valence-electron chi connectivity index (χ3n) is 2.24. The number of anilines is 1. The summed E-state index contributed by atoms with van der Waals surface area (Å²) in [5.41, 5.74) is 1.54. The molecule has 6 heteroatoms. The highest BCUT2D eigenvalue weighted by Gasteiger charge is 2.04. The van der Waals surface area contributed by atoms with Crippen molar-refractivity contribution in [3.8, 4) is 11.3 Å². The van der Waals surface area contributed by atoms with Gasteiger partial charge in [-0.2, -0.15) is 0 Å². The van der Waals surface area contributed by atoms with E-state index in [2.05, 4.69) is 15.3 Å². The molecule has 0 unspecified atom stereocenters. The number of benzene rings is 1. The van der Waals surface area contributed by atoms with E-state index in [1.54, 1.807) is 24.3 Å². The Kier molecular flexibility index (Phi) is 4.36. The highest BCUT2D eigenvalue weighted by atomic mass is 35.5. The van der Waals surface area contributed by atoms with Crippen LogP contribution in [0.5, 0.6) is 0 Å². The Bertz CT molecular complexity index is 528. The number of rotatable bonds is 4. The van der Waals surface area contributed by atoms with Gasteiger partial charge in [0.15, 0.2) is 0 Å². The predicted octanol–water partition coefficient (Wildman–Crippen LogP) is 2.85. The number of nitrogens with zero attached hydrogens (tertiary/aromatic N) is 2. The molecule has 1 heterocycles. The van der Waals surface area contributed by atoms with Crippen LogP contribution in [0.25, 0.3) is 11.3 Å². The van der Waals surface area contributed by atoms with Crippen LogP contribution in [0.3, 0.4) is 0 Å². The van der Waals surface area contributed by atoms with Gasteiger partial charge in [-0.05, 0) is 18.2 Å². The van der Waals surface area contributed by atoms with Crippen molar-refractivity contribution < 1.29 is 5.11 Å². The van der Waals surface area contributed by atoms with E-state index in [0.29, 0.717) is 22.4 Å². The molecule has 1 aromatic carbocycles. The van der Waals surface area contributed by atoms with E-state index in [1.165, 1.54) is 6.33 Å². The highest BCUT2D eigenvalue weighted by molar-refractivity contribution is 6.35. The van der Waals surface area contributed by atoms with Crippen LogP contribution in [0.2, 0.25) is 10.0 Å². The Morgan fingerprint density at radius 3 is 2.44 bits per heavy atom. The Balaban J connectivity index is 2.32. The second kappa shape index (κ2) is 6.00. The highest BCUT2D eigenvalue weighted by Crippen LogP contribution is 2.26. The lowest BCUT2D eigenvalue weighted by Gasteiger charge is -2.06. The molecule has 0 atom stereocenters. The molecule has 0 aliphatic carbocycles. The molecule has 0 spiro atoms. The van der Waals surface area contributed by atoms with Gasteiger partial charge in [-0.3, -0.25) is 0 Å². The number of aliphatic hydroxyl groups excluding tert-OH is 1. The number of halogens is 2. The van der Waals surface area contributed by atoms with Crippen LogP contribution in [0.4, 0.5) is 5.82 Å². The van der Waals surface area contributed by atoms with E-state index in [-0.39, 0.29) is 6.61 Å². The first-order valence-electron chi connectivity index (χ1n) is 5.32. The standard InChI is InChI=1S/C12H11Cl2N3O/c13-9-3-8(4-10(14)5-9)11-6-12(15-1-2-18)17-7-16-11/h3-7,18H,1-2H2,(H,15,16,17). The topological polar surface area (TPSA) is 58.0 Å². The van der Waals surface area contributed by atoms with Gasteiger partial charge >= 0.3 is 0 Å². The smallest absolute Gasteiger partial charge is 0.130 e. The van der Waals surface area contributed by atoms with Crippen molar-refractivity contribution in [3.05, 3.63) is 40.6 Å². The second-order valence-corrected chi connectivity index (χ2v) is 4.47. The first kappa shape index (κ1) is 13.1. The molecule has 2 rings (SSSR count). The number of hydrogen-bond acceptors (Lipinski definition) is 4. The molecule has 1 aromatic heterocycles. The van der Waals surface area contributed by atoms with E-state index in [4.69, 9.17) is 28.3 Å². The molecule has 18 heavy (non-hydrogen) atoms. The Morgan fingerprint density at radius 2 is 1.78 bits per heavy atom. The number of aromatic nitrogens is 2. The van der Waals surface area contributed by atoms with Gasteiger partial charge in [0.1, 0.15) is 12.1 Å². The van der Waals surface area contributed by atoms with Crippen LogP contribution in [0, 0.1) is 0 Å². The zero-order chi connectivity index (χ0) is 13.0. The molecular formula is C12H11Cl2N3O. The van der Waals surface area contributed by atoms with Gasteiger partial charge < -0.3 is 10.4 Å². The van der Waals surface area contributed by atoms with Gasteiger partial charge in [0.25, 0.3) is 0 Å². The first-order valence-corrected chi connectivity index (χ1v) is 6.08. The van der Waals surface area contributed by atoms with E-state index >= 15 is 0 Å². The summed E-state index contributed by atoms with van der Waals surface area (Å²) in [5.74, 6) is 0.644. The van der Waals surface area contributed by atoms with Crippen molar-refractivity contribution in [2.24, 2.45) is 0 Å². The SMILES string of the molecule is OCCNc1cc(-c2cc(Cl)cc(Cl)c2)ncn1. The van der Waals surface area contributed by atoms with Gasteiger partial charge in [-0.25, -0.2) is 9.97 Å². The van der Waals surface area contributed by atoms with E-state index < -0.39 is 0 Å². The molecule has 0 aliphatic rings. The van der Waals surface area contributed by atoms with E-state index in [1.807, 2.05) is 0 Å². The lowest BCUT2D eigenvalue weighted by molar-refractivity contribution is 0.311. The van der Waals surface area contributed by atoms with Gasteiger partial charge in [0.2, 0.25) is 0 Å². The minimum atomic E-state index is 0.0440. The summed E-state index contributed by atoms with van der Waals surface area (Å²) in [6.45, 7) is 0.481. The van der Waals surface area contributed by atoms with Crippen LogP contribution >= 0.6 is 23.2 Å². The van der Waals surface area contributed by atoms with Crippen LogP contribution in [-0.2, 0) is 0 Å². The minimum Gasteiger partial charge on any atom is -0.395 e. The number of aliphatic hydroxyl groups is 1. The van der Waals surface area contributed by atoms with Crippen molar-refractivity contribution >= 4 is 29.0 Å². The van der Waals surface area contributed by atoms with Crippen LogP contribution < -0.4 is 5.32 Å². The third kappa shape index (κ3) is 3.32. The second-order valence-electron chi connectivity index (χ2n) is 3.60. The Morgan fingerprint density at radius 1 is 1.06 bits per heavy atom. The van der Waals surface area contributed by atoms with E-state index in [0.717, 1.165) is 11.3 Å².